The summed E-state index contributed by atoms with van der Waals surface area (Å²) in [6, 6.07) is 6.97. The summed E-state index contributed by atoms with van der Waals surface area (Å²) in [5, 5.41) is 12.7. The number of amides is 2. The lowest BCUT2D eigenvalue weighted by Crippen LogP contribution is -2.38. The predicted molar refractivity (Wildman–Crippen MR) is 107 cm³/mol. The highest BCUT2D eigenvalue weighted by molar-refractivity contribution is 7.13. The summed E-state index contributed by atoms with van der Waals surface area (Å²) >= 11 is 7.24. The average molecular weight is 407 g/mol. The van der Waals surface area contributed by atoms with Crippen molar-refractivity contribution in [2.75, 3.05) is 18.4 Å². The van der Waals surface area contributed by atoms with E-state index in [1.54, 1.807) is 24.3 Å². The molecule has 0 saturated carbocycles. The second kappa shape index (κ2) is 9.28. The average Bonchev–Trinajstić information content (AvgIpc) is 3.16. The summed E-state index contributed by atoms with van der Waals surface area (Å²) < 4.78 is 0. The van der Waals surface area contributed by atoms with E-state index in [9.17, 15) is 9.59 Å². The molecule has 6 nitrogen and oxygen atoms in total. The van der Waals surface area contributed by atoms with Crippen LogP contribution in [-0.2, 0) is 4.79 Å². The first kappa shape index (κ1) is 19.8. The number of benzene rings is 1. The van der Waals surface area contributed by atoms with Crippen molar-refractivity contribution in [3.05, 3.63) is 39.3 Å². The van der Waals surface area contributed by atoms with E-state index in [0.717, 1.165) is 37.2 Å². The number of likely N-dealkylation sites (tertiary alicyclic amines) is 1. The van der Waals surface area contributed by atoms with Gasteiger partial charge in [0, 0.05) is 36.1 Å². The van der Waals surface area contributed by atoms with Gasteiger partial charge >= 0.3 is 0 Å². The standard InChI is InChI=1S/C19H23ClN4O2S/c1-2-3-9-16(25)24-10-5-6-13(12-24)18-22-23-19(27-18)17(26)21-15-8-4-7-14(20)11-15/h4,7-8,11,13H,2-3,5-6,9-10,12H2,1H3,(H,21,26)/t13-/m1/s1. The largest absolute Gasteiger partial charge is 0.342 e. The molecule has 2 amide bonds. The van der Waals surface area contributed by atoms with Crippen LogP contribution in [0.25, 0.3) is 0 Å². The van der Waals surface area contributed by atoms with Crippen LogP contribution in [0.3, 0.4) is 0 Å². The molecule has 0 bridgehead atoms. The minimum atomic E-state index is -0.298. The number of hydrogen-bond donors (Lipinski definition) is 1. The molecule has 1 aliphatic rings. The highest BCUT2D eigenvalue weighted by Gasteiger charge is 2.27. The van der Waals surface area contributed by atoms with E-state index < -0.39 is 0 Å². The lowest BCUT2D eigenvalue weighted by molar-refractivity contribution is -0.132. The highest BCUT2D eigenvalue weighted by Crippen LogP contribution is 2.30. The lowest BCUT2D eigenvalue weighted by atomic mass is 9.98. The van der Waals surface area contributed by atoms with E-state index in [1.165, 1.54) is 11.3 Å². The summed E-state index contributed by atoms with van der Waals surface area (Å²) in [4.78, 5) is 26.6. The van der Waals surface area contributed by atoms with Gasteiger partial charge in [-0.25, -0.2) is 0 Å². The van der Waals surface area contributed by atoms with Crippen LogP contribution < -0.4 is 5.32 Å². The fraction of sp³-hybridized carbons (Fsp3) is 0.474. The van der Waals surface area contributed by atoms with Crippen molar-refractivity contribution < 1.29 is 9.59 Å². The quantitative estimate of drug-likeness (QED) is 0.774. The van der Waals surface area contributed by atoms with Crippen molar-refractivity contribution in [3.63, 3.8) is 0 Å². The molecule has 27 heavy (non-hydrogen) atoms. The Labute approximate surface area is 167 Å². The monoisotopic (exact) mass is 406 g/mol. The van der Waals surface area contributed by atoms with Gasteiger partial charge in [0.1, 0.15) is 5.01 Å². The summed E-state index contributed by atoms with van der Waals surface area (Å²) in [5.41, 5.74) is 0.620. The van der Waals surface area contributed by atoms with Gasteiger partial charge in [0.05, 0.1) is 0 Å². The van der Waals surface area contributed by atoms with Crippen molar-refractivity contribution in [2.24, 2.45) is 0 Å². The van der Waals surface area contributed by atoms with Crippen LogP contribution >= 0.6 is 22.9 Å². The van der Waals surface area contributed by atoms with E-state index in [0.29, 0.717) is 28.7 Å². The van der Waals surface area contributed by atoms with E-state index in [4.69, 9.17) is 11.6 Å². The third kappa shape index (κ3) is 5.26. The molecule has 2 heterocycles. The van der Waals surface area contributed by atoms with Gasteiger partial charge in [-0.2, -0.15) is 0 Å². The fourth-order valence-electron chi connectivity index (χ4n) is 3.13. The smallest absolute Gasteiger partial charge is 0.286 e. The van der Waals surface area contributed by atoms with Gasteiger partial charge in [-0.05, 0) is 37.5 Å². The van der Waals surface area contributed by atoms with Gasteiger partial charge in [-0.1, -0.05) is 42.3 Å². The Morgan fingerprint density at radius 1 is 1.37 bits per heavy atom. The van der Waals surface area contributed by atoms with E-state index in [-0.39, 0.29) is 17.7 Å². The minimum Gasteiger partial charge on any atom is -0.342 e. The SMILES string of the molecule is CCCCC(=O)N1CCC[C@@H](c2nnc(C(=O)Nc3cccc(Cl)c3)s2)C1. The molecule has 0 unspecified atom stereocenters. The van der Waals surface area contributed by atoms with Crippen LogP contribution in [0.1, 0.15) is 59.8 Å². The molecule has 1 aromatic carbocycles. The molecule has 3 rings (SSSR count). The Morgan fingerprint density at radius 3 is 3.00 bits per heavy atom. The Balaban J connectivity index is 1.62. The van der Waals surface area contributed by atoms with Crippen molar-refractivity contribution >= 4 is 40.4 Å². The molecule has 0 radical (unpaired) electrons. The van der Waals surface area contributed by atoms with Crippen LogP contribution in [0.15, 0.2) is 24.3 Å². The maximum absolute atomic E-state index is 12.4. The topological polar surface area (TPSA) is 75.2 Å². The van der Waals surface area contributed by atoms with Crippen LogP contribution in [-0.4, -0.2) is 40.0 Å². The number of anilines is 1. The first-order valence-corrected chi connectivity index (χ1v) is 10.4. The number of nitrogens with one attached hydrogen (secondary N) is 1. The number of hydrogen-bond acceptors (Lipinski definition) is 5. The maximum atomic E-state index is 12.4. The molecule has 144 valence electrons. The number of halogens is 1. The maximum Gasteiger partial charge on any atom is 0.286 e. The lowest BCUT2D eigenvalue weighted by Gasteiger charge is -2.31. The second-order valence-corrected chi connectivity index (χ2v) is 8.14. The molecular weight excluding hydrogens is 384 g/mol. The van der Waals surface area contributed by atoms with Gasteiger partial charge in [-0.15, -0.1) is 10.2 Å². The molecule has 0 spiro atoms. The first-order valence-electron chi connectivity index (χ1n) is 9.25. The van der Waals surface area contributed by atoms with Gasteiger partial charge in [0.15, 0.2) is 0 Å². The zero-order valence-electron chi connectivity index (χ0n) is 15.3. The Morgan fingerprint density at radius 2 is 2.22 bits per heavy atom. The van der Waals surface area contributed by atoms with Gasteiger partial charge < -0.3 is 10.2 Å². The van der Waals surface area contributed by atoms with E-state index >= 15 is 0 Å². The zero-order chi connectivity index (χ0) is 19.2. The molecule has 2 aromatic rings. The molecule has 1 aliphatic heterocycles. The van der Waals surface area contributed by atoms with Gasteiger partial charge in [0.25, 0.3) is 5.91 Å². The van der Waals surface area contributed by atoms with Crippen LogP contribution in [0.2, 0.25) is 5.02 Å². The molecule has 0 aliphatic carbocycles. The van der Waals surface area contributed by atoms with E-state index in [1.807, 2.05) is 4.90 Å². The summed E-state index contributed by atoms with van der Waals surface area (Å²) in [5.74, 6) is 0.0623. The normalized spacial score (nSPS) is 17.0. The molecule has 1 atom stereocenters. The zero-order valence-corrected chi connectivity index (χ0v) is 16.9. The number of carbonyl (C=O) groups is 2. The highest BCUT2D eigenvalue weighted by atomic mass is 35.5. The van der Waals surface area contributed by atoms with E-state index in [2.05, 4.69) is 22.4 Å². The molecule has 1 aromatic heterocycles. The third-order valence-electron chi connectivity index (χ3n) is 4.58. The second-order valence-electron chi connectivity index (χ2n) is 6.69. The van der Waals surface area contributed by atoms with Gasteiger partial charge in [0.2, 0.25) is 10.9 Å². The number of rotatable bonds is 6. The minimum absolute atomic E-state index is 0.148. The number of carbonyl (C=O) groups excluding carboxylic acids is 2. The number of nitrogens with zero attached hydrogens (tertiary/aromatic N) is 3. The molecule has 1 saturated heterocycles. The molecule has 1 N–H and O–H groups in total. The van der Waals surface area contributed by atoms with Gasteiger partial charge in [-0.3, -0.25) is 9.59 Å². The fourth-order valence-corrected chi connectivity index (χ4v) is 4.19. The summed E-state index contributed by atoms with van der Waals surface area (Å²) in [6.45, 7) is 3.55. The number of aromatic nitrogens is 2. The number of unbranched alkanes of at least 4 members (excludes halogenated alkanes) is 1. The predicted octanol–water partition coefficient (Wildman–Crippen LogP) is 4.34. The van der Waals surface area contributed by atoms with Crippen LogP contribution in [0, 0.1) is 0 Å². The summed E-state index contributed by atoms with van der Waals surface area (Å²) in [6.07, 6.45) is 4.46. The van der Waals surface area contributed by atoms with Crippen LogP contribution in [0.5, 0.6) is 0 Å². The summed E-state index contributed by atoms with van der Waals surface area (Å²) in [7, 11) is 0. The van der Waals surface area contributed by atoms with Crippen molar-refractivity contribution in [1.82, 2.24) is 15.1 Å². The third-order valence-corrected chi connectivity index (χ3v) is 5.90. The van der Waals surface area contributed by atoms with Crippen LogP contribution in [0.4, 0.5) is 5.69 Å². The first-order chi connectivity index (χ1) is 13.1. The molecular formula is C19H23ClN4O2S. The van der Waals surface area contributed by atoms with Crippen molar-refractivity contribution in [3.8, 4) is 0 Å². The van der Waals surface area contributed by atoms with Crippen molar-refractivity contribution in [1.29, 1.82) is 0 Å². The Kier molecular flexibility index (Phi) is 6.79. The Hall–Kier alpha value is -1.99. The Bertz CT molecular complexity index is 811. The number of piperidine rings is 1. The van der Waals surface area contributed by atoms with Crippen molar-refractivity contribution in [2.45, 2.75) is 44.9 Å². The molecule has 8 heteroatoms. The molecule has 1 fully saturated rings.